The average molecular weight is 270 g/mol. The highest BCUT2D eigenvalue weighted by Gasteiger charge is 2.11. The fourth-order valence-corrected chi connectivity index (χ4v) is 2.88. The maximum atomic E-state index is 6.00. The van der Waals surface area contributed by atoms with Gasteiger partial charge in [-0.1, -0.05) is 18.2 Å². The van der Waals surface area contributed by atoms with E-state index in [0.717, 1.165) is 27.3 Å². The molecule has 3 aromatic rings. The molecule has 0 radical (unpaired) electrons. The number of para-hydroxylation sites is 1. The molecule has 0 bridgehead atoms. The van der Waals surface area contributed by atoms with Crippen molar-refractivity contribution in [3.63, 3.8) is 0 Å². The lowest BCUT2D eigenvalue weighted by Crippen LogP contribution is -2.10. The van der Waals surface area contributed by atoms with E-state index in [2.05, 4.69) is 22.2 Å². The van der Waals surface area contributed by atoms with Gasteiger partial charge in [0.1, 0.15) is 12.1 Å². The van der Waals surface area contributed by atoms with Gasteiger partial charge in [-0.05, 0) is 30.0 Å². The van der Waals surface area contributed by atoms with Crippen LogP contribution in [-0.2, 0) is 0 Å². The number of nitrogens with two attached hydrogens (primary N) is 1. The maximum Gasteiger partial charge on any atom is 0.147 e. The van der Waals surface area contributed by atoms with Crippen LogP contribution >= 0.6 is 11.3 Å². The minimum atomic E-state index is 0.0985. The molecule has 3 N–H and O–H groups in total. The van der Waals surface area contributed by atoms with Gasteiger partial charge in [0.25, 0.3) is 0 Å². The van der Waals surface area contributed by atoms with Crippen molar-refractivity contribution in [2.24, 2.45) is 0 Å². The molecule has 0 aliphatic carbocycles. The van der Waals surface area contributed by atoms with Crippen molar-refractivity contribution in [1.82, 2.24) is 9.97 Å². The summed E-state index contributed by atoms with van der Waals surface area (Å²) < 4.78 is 1.07. The van der Waals surface area contributed by atoms with E-state index in [-0.39, 0.29) is 6.04 Å². The van der Waals surface area contributed by atoms with E-state index in [0.29, 0.717) is 0 Å². The van der Waals surface area contributed by atoms with Gasteiger partial charge in [-0.3, -0.25) is 0 Å². The number of rotatable bonds is 3. The summed E-state index contributed by atoms with van der Waals surface area (Å²) in [5.41, 5.74) is 8.83. The molecule has 5 heteroatoms. The molecule has 3 rings (SSSR count). The van der Waals surface area contributed by atoms with Crippen LogP contribution in [0.1, 0.15) is 18.5 Å². The molecular formula is C14H14N4S. The van der Waals surface area contributed by atoms with E-state index in [1.165, 1.54) is 0 Å². The van der Waals surface area contributed by atoms with E-state index in [1.807, 2.05) is 35.7 Å². The Morgan fingerprint density at radius 2 is 2.05 bits per heavy atom. The molecule has 0 saturated carbocycles. The third kappa shape index (κ3) is 2.24. The van der Waals surface area contributed by atoms with Crippen molar-refractivity contribution in [2.45, 2.75) is 13.0 Å². The molecule has 0 spiro atoms. The van der Waals surface area contributed by atoms with Gasteiger partial charge in [0.2, 0.25) is 0 Å². The van der Waals surface area contributed by atoms with Crippen molar-refractivity contribution in [2.75, 3.05) is 11.1 Å². The number of anilines is 2. The molecule has 1 atom stereocenters. The molecule has 0 aliphatic heterocycles. The molecule has 0 amide bonds. The summed E-state index contributed by atoms with van der Waals surface area (Å²) in [6.45, 7) is 2.08. The number of nitrogens with zero attached hydrogens (tertiary/aromatic N) is 2. The first-order valence-electron chi connectivity index (χ1n) is 6.05. The fourth-order valence-electron chi connectivity index (χ4n) is 2.08. The van der Waals surface area contributed by atoms with Crippen molar-refractivity contribution in [3.05, 3.63) is 47.6 Å². The zero-order chi connectivity index (χ0) is 13.2. The topological polar surface area (TPSA) is 63.8 Å². The predicted octanol–water partition coefficient (Wildman–Crippen LogP) is 3.45. The smallest absolute Gasteiger partial charge is 0.147 e. The molecule has 0 saturated heterocycles. The monoisotopic (exact) mass is 270 g/mol. The zero-order valence-corrected chi connectivity index (χ0v) is 11.3. The van der Waals surface area contributed by atoms with Crippen LogP contribution < -0.4 is 11.1 Å². The van der Waals surface area contributed by atoms with Gasteiger partial charge in [0, 0.05) is 5.69 Å². The fraction of sp³-hybridized carbons (Fsp3) is 0.143. The highest BCUT2D eigenvalue weighted by Crippen LogP contribution is 2.29. The second-order valence-corrected chi connectivity index (χ2v) is 5.27. The Hall–Kier alpha value is -2.14. The maximum absolute atomic E-state index is 6.00. The van der Waals surface area contributed by atoms with Gasteiger partial charge in [-0.25, -0.2) is 9.97 Å². The number of nitrogens with one attached hydrogen (secondary N) is 1. The lowest BCUT2D eigenvalue weighted by Gasteiger charge is -2.17. The summed E-state index contributed by atoms with van der Waals surface area (Å²) in [4.78, 5) is 8.56. The molecule has 0 fully saturated rings. The Kier molecular flexibility index (Phi) is 3.05. The summed E-state index contributed by atoms with van der Waals surface area (Å²) in [5, 5.41) is 5.43. The van der Waals surface area contributed by atoms with E-state index < -0.39 is 0 Å². The second kappa shape index (κ2) is 4.85. The normalized spacial score (nSPS) is 12.5. The number of hydrogen-bond acceptors (Lipinski definition) is 5. The summed E-state index contributed by atoms with van der Waals surface area (Å²) in [6, 6.07) is 9.96. The van der Waals surface area contributed by atoms with E-state index in [9.17, 15) is 0 Å². The van der Waals surface area contributed by atoms with Crippen LogP contribution in [0, 0.1) is 0 Å². The van der Waals surface area contributed by atoms with Gasteiger partial charge >= 0.3 is 0 Å². The summed E-state index contributed by atoms with van der Waals surface area (Å²) in [5.74, 6) is 0.857. The second-order valence-electron chi connectivity index (χ2n) is 4.35. The Morgan fingerprint density at radius 3 is 2.89 bits per heavy atom. The summed E-state index contributed by atoms with van der Waals surface area (Å²) >= 11 is 1.64. The molecule has 2 heterocycles. The predicted molar refractivity (Wildman–Crippen MR) is 80.3 cm³/mol. The lowest BCUT2D eigenvalue weighted by molar-refractivity contribution is 0.879. The van der Waals surface area contributed by atoms with E-state index in [4.69, 9.17) is 5.73 Å². The van der Waals surface area contributed by atoms with E-state index >= 15 is 0 Å². The minimum Gasteiger partial charge on any atom is -0.398 e. The van der Waals surface area contributed by atoms with Crippen LogP contribution in [-0.4, -0.2) is 9.97 Å². The number of aromatic nitrogens is 2. The molecule has 19 heavy (non-hydrogen) atoms. The Morgan fingerprint density at radius 1 is 1.21 bits per heavy atom. The number of hydrogen-bond donors (Lipinski definition) is 2. The van der Waals surface area contributed by atoms with Crippen LogP contribution in [0.4, 0.5) is 11.5 Å². The number of fused-ring (bicyclic) bond motifs is 1. The van der Waals surface area contributed by atoms with Crippen molar-refractivity contribution < 1.29 is 0 Å². The van der Waals surface area contributed by atoms with Gasteiger partial charge < -0.3 is 11.1 Å². The third-order valence-corrected chi connectivity index (χ3v) is 3.97. The molecule has 0 aliphatic rings. The van der Waals surface area contributed by atoms with Crippen LogP contribution in [0.2, 0.25) is 0 Å². The van der Waals surface area contributed by atoms with Crippen LogP contribution in [0.25, 0.3) is 10.2 Å². The third-order valence-electron chi connectivity index (χ3n) is 3.06. The van der Waals surface area contributed by atoms with Crippen molar-refractivity contribution in [3.8, 4) is 0 Å². The van der Waals surface area contributed by atoms with Gasteiger partial charge in [-0.15, -0.1) is 11.3 Å². The molecular weight excluding hydrogens is 256 g/mol. The molecule has 96 valence electrons. The molecule has 1 aromatic carbocycles. The van der Waals surface area contributed by atoms with Crippen molar-refractivity contribution in [1.29, 1.82) is 0 Å². The first-order chi connectivity index (χ1) is 9.25. The van der Waals surface area contributed by atoms with Crippen LogP contribution in [0.3, 0.4) is 0 Å². The highest BCUT2D eigenvalue weighted by atomic mass is 32.1. The lowest BCUT2D eigenvalue weighted by atomic mass is 10.1. The summed E-state index contributed by atoms with van der Waals surface area (Å²) in [7, 11) is 0. The van der Waals surface area contributed by atoms with Gasteiger partial charge in [0.05, 0.1) is 16.3 Å². The SMILES string of the molecule is CC(Nc1ncnc2ccsc12)c1ccccc1N. The minimum absolute atomic E-state index is 0.0985. The first-order valence-corrected chi connectivity index (χ1v) is 6.93. The van der Waals surface area contributed by atoms with E-state index in [1.54, 1.807) is 17.7 Å². The Labute approximate surface area is 115 Å². The Balaban J connectivity index is 1.93. The van der Waals surface area contributed by atoms with Crippen LogP contribution in [0.15, 0.2) is 42.0 Å². The zero-order valence-electron chi connectivity index (χ0n) is 10.5. The van der Waals surface area contributed by atoms with Gasteiger partial charge in [-0.2, -0.15) is 0 Å². The highest BCUT2D eigenvalue weighted by molar-refractivity contribution is 7.17. The number of benzene rings is 1. The average Bonchev–Trinajstić information content (AvgIpc) is 2.88. The van der Waals surface area contributed by atoms with Crippen molar-refractivity contribution >= 4 is 33.1 Å². The van der Waals surface area contributed by atoms with Gasteiger partial charge in [0.15, 0.2) is 0 Å². The van der Waals surface area contributed by atoms with Crippen LogP contribution in [0.5, 0.6) is 0 Å². The Bertz CT molecular complexity index is 707. The molecule has 1 unspecified atom stereocenters. The molecule has 2 aromatic heterocycles. The standard InChI is InChI=1S/C14H14N4S/c1-9(10-4-2-3-5-11(10)15)18-14-13-12(6-7-19-13)16-8-17-14/h2-9H,15H2,1H3,(H,16,17,18). The molecule has 4 nitrogen and oxygen atoms in total. The number of nitrogen functional groups attached to an aromatic ring is 1. The quantitative estimate of drug-likeness (QED) is 0.715. The summed E-state index contributed by atoms with van der Waals surface area (Å²) in [6.07, 6.45) is 1.58. The largest absolute Gasteiger partial charge is 0.398 e. The number of thiophene rings is 1. The first kappa shape index (κ1) is 11.9.